The normalized spacial score (nSPS) is 16.7. The fourth-order valence-corrected chi connectivity index (χ4v) is 4.18. The lowest BCUT2D eigenvalue weighted by atomic mass is 9.96. The molecule has 2 fully saturated rings. The fourth-order valence-electron chi connectivity index (χ4n) is 3.97. The van der Waals surface area contributed by atoms with E-state index in [0.29, 0.717) is 27.9 Å². The Morgan fingerprint density at radius 3 is 2.39 bits per heavy atom. The summed E-state index contributed by atoms with van der Waals surface area (Å²) in [6.45, 7) is 6.06. The summed E-state index contributed by atoms with van der Waals surface area (Å²) >= 11 is 6.33. The van der Waals surface area contributed by atoms with Crippen molar-refractivity contribution < 1.29 is 14.3 Å². The van der Waals surface area contributed by atoms with Crippen LogP contribution in [-0.2, 0) is 14.3 Å². The van der Waals surface area contributed by atoms with Crippen LogP contribution in [0.1, 0.15) is 43.7 Å². The van der Waals surface area contributed by atoms with Crippen molar-refractivity contribution >= 4 is 40.5 Å². The number of anilines is 1. The highest BCUT2D eigenvalue weighted by molar-refractivity contribution is 6.32. The Morgan fingerprint density at radius 2 is 1.89 bits per heavy atom. The van der Waals surface area contributed by atoms with Crippen LogP contribution < -0.4 is 28.7 Å². The number of methoxy groups -OCH3 is 1. The minimum atomic E-state index is -0.928. The standard InChI is InChI=1S/C18H21ClN6O.C9H13NO2/c1-8(20)15(9-2-3-9)11-7-12(19)10(6-14(11)22)4-5-13(21)16(17(23)24)18(25)26;1-3-9(11)10-6-4-5-8(10)7-12-2/h6-7,9H,2-3,20-22H2,1H3,(H3,23,24)(H2,25,26);3,7H,1,4-6H2,2H3/b15-8-,16-13+;8-7+. The molecule has 202 valence electrons. The Bertz CT molecular complexity index is 1280. The number of amidine groups is 1. The molecule has 2 amide bonds. The number of hydrogen-bond acceptors (Lipinski definition) is 7. The maximum Gasteiger partial charge on any atom is 0.255 e. The van der Waals surface area contributed by atoms with E-state index in [2.05, 4.69) is 18.4 Å². The van der Waals surface area contributed by atoms with Gasteiger partial charge in [-0.3, -0.25) is 15.0 Å². The molecular weight excluding hydrogens is 506 g/mol. The first-order chi connectivity index (χ1) is 17.9. The number of rotatable bonds is 6. The van der Waals surface area contributed by atoms with Crippen molar-refractivity contribution in [3.63, 3.8) is 0 Å². The number of likely N-dealkylation sites (tertiary alicyclic amines) is 1. The first-order valence-corrected chi connectivity index (χ1v) is 12.2. The molecule has 1 saturated carbocycles. The zero-order valence-corrected chi connectivity index (χ0v) is 22.3. The highest BCUT2D eigenvalue weighted by atomic mass is 35.5. The van der Waals surface area contributed by atoms with E-state index in [9.17, 15) is 9.59 Å². The summed E-state index contributed by atoms with van der Waals surface area (Å²) < 4.78 is 4.86. The van der Waals surface area contributed by atoms with Gasteiger partial charge in [0, 0.05) is 29.1 Å². The van der Waals surface area contributed by atoms with Crippen molar-refractivity contribution in [3.8, 4) is 11.8 Å². The second-order valence-corrected chi connectivity index (χ2v) is 9.16. The molecule has 2 aliphatic rings. The molecule has 1 aliphatic heterocycles. The summed E-state index contributed by atoms with van der Waals surface area (Å²) in [6.07, 6.45) is 7.01. The SMILES string of the molecule is C/C(N)=C(/c1cc(Cl)c(C#C/C(N)=C(/C(=N)N)C(N)=O)cc1N)C1CC1.C=CC(=O)N1CCC/C1=C\OC. The molecule has 1 aromatic rings. The predicted molar refractivity (Wildman–Crippen MR) is 151 cm³/mol. The summed E-state index contributed by atoms with van der Waals surface area (Å²) in [4.78, 5) is 24.2. The van der Waals surface area contributed by atoms with Gasteiger partial charge in [-0.2, -0.15) is 0 Å². The molecule has 0 spiro atoms. The van der Waals surface area contributed by atoms with Crippen LogP contribution in [0.25, 0.3) is 5.57 Å². The maximum atomic E-state index is 11.3. The van der Waals surface area contributed by atoms with Crippen LogP contribution >= 0.6 is 11.6 Å². The van der Waals surface area contributed by atoms with Crippen LogP contribution in [0.4, 0.5) is 5.69 Å². The highest BCUT2D eigenvalue weighted by Crippen LogP contribution is 2.45. The summed E-state index contributed by atoms with van der Waals surface area (Å²) in [7, 11) is 1.59. The number of allylic oxidation sites excluding steroid dienone is 4. The molecule has 0 radical (unpaired) electrons. The molecule has 1 heterocycles. The molecule has 11 heteroatoms. The maximum absolute atomic E-state index is 11.3. The van der Waals surface area contributed by atoms with Gasteiger partial charge in [0.25, 0.3) is 5.91 Å². The van der Waals surface area contributed by atoms with Crippen LogP contribution in [0.3, 0.4) is 0 Å². The van der Waals surface area contributed by atoms with Gasteiger partial charge in [-0.05, 0) is 68.2 Å². The molecule has 3 rings (SSSR count). The fraction of sp³-hybridized carbons (Fsp3) is 0.296. The van der Waals surface area contributed by atoms with Gasteiger partial charge in [-0.15, -0.1) is 0 Å². The summed E-state index contributed by atoms with van der Waals surface area (Å²) in [6, 6.07) is 3.35. The van der Waals surface area contributed by atoms with Gasteiger partial charge in [-0.25, -0.2) is 0 Å². The minimum absolute atomic E-state index is 0.0456. The zero-order chi connectivity index (χ0) is 28.6. The highest BCUT2D eigenvalue weighted by Gasteiger charge is 2.29. The van der Waals surface area contributed by atoms with Crippen molar-refractivity contribution in [2.45, 2.75) is 32.6 Å². The summed E-state index contributed by atoms with van der Waals surface area (Å²) in [5, 5.41) is 7.71. The van der Waals surface area contributed by atoms with Crippen LogP contribution in [-0.4, -0.2) is 36.2 Å². The lowest BCUT2D eigenvalue weighted by Gasteiger charge is -2.14. The van der Waals surface area contributed by atoms with Gasteiger partial charge in [0.2, 0.25) is 5.91 Å². The van der Waals surface area contributed by atoms with E-state index >= 15 is 0 Å². The monoisotopic (exact) mass is 539 g/mol. The number of nitrogens with zero attached hydrogens (tertiary/aromatic N) is 1. The molecule has 38 heavy (non-hydrogen) atoms. The first kappa shape index (κ1) is 29.9. The molecule has 10 nitrogen and oxygen atoms in total. The Kier molecular flexibility index (Phi) is 10.4. The van der Waals surface area contributed by atoms with Crippen LogP contribution in [0.15, 0.2) is 53.7 Å². The number of nitrogens with two attached hydrogens (primary N) is 5. The van der Waals surface area contributed by atoms with Gasteiger partial charge in [-0.1, -0.05) is 24.1 Å². The van der Waals surface area contributed by atoms with E-state index < -0.39 is 11.7 Å². The Hall–Kier alpha value is -4.36. The Labute approximate surface area is 227 Å². The molecule has 1 aromatic carbocycles. The number of carbonyl (C=O) groups excluding carboxylic acids is 2. The van der Waals surface area contributed by atoms with Gasteiger partial charge >= 0.3 is 0 Å². The topological polar surface area (TPSA) is 201 Å². The third kappa shape index (κ3) is 7.57. The number of primary amides is 1. The zero-order valence-electron chi connectivity index (χ0n) is 21.6. The molecule has 1 saturated heterocycles. The van der Waals surface area contributed by atoms with E-state index in [1.54, 1.807) is 30.4 Å². The summed E-state index contributed by atoms with van der Waals surface area (Å²) in [5.41, 5.74) is 32.2. The molecule has 11 N–H and O–H groups in total. The summed E-state index contributed by atoms with van der Waals surface area (Å²) in [5.74, 6) is 4.16. The van der Waals surface area contributed by atoms with E-state index in [1.807, 2.05) is 6.92 Å². The number of benzene rings is 1. The van der Waals surface area contributed by atoms with E-state index in [4.69, 9.17) is 50.4 Å². The molecule has 0 bridgehead atoms. The van der Waals surface area contributed by atoms with Gasteiger partial charge in [0.15, 0.2) is 0 Å². The van der Waals surface area contributed by atoms with Crippen molar-refractivity contribution in [1.29, 1.82) is 5.41 Å². The average Bonchev–Trinajstić information content (AvgIpc) is 3.56. The van der Waals surface area contributed by atoms with Crippen molar-refractivity contribution in [1.82, 2.24) is 4.90 Å². The van der Waals surface area contributed by atoms with Gasteiger partial charge in [0.05, 0.1) is 23.5 Å². The average molecular weight is 540 g/mol. The Balaban J connectivity index is 0.000000352. The third-order valence-corrected chi connectivity index (χ3v) is 6.13. The number of nitrogen functional groups attached to an aromatic ring is 1. The van der Waals surface area contributed by atoms with Crippen LogP contribution in [0, 0.1) is 23.2 Å². The van der Waals surface area contributed by atoms with Crippen molar-refractivity contribution in [2.75, 3.05) is 19.4 Å². The van der Waals surface area contributed by atoms with Crippen LogP contribution in [0.2, 0.25) is 5.02 Å². The molecular formula is C27H34ClN7O3. The smallest absolute Gasteiger partial charge is 0.255 e. The lowest BCUT2D eigenvalue weighted by Crippen LogP contribution is -2.28. The molecule has 0 aromatic heterocycles. The lowest BCUT2D eigenvalue weighted by molar-refractivity contribution is -0.123. The van der Waals surface area contributed by atoms with Crippen LogP contribution in [0.5, 0.6) is 0 Å². The largest absolute Gasteiger partial charge is 0.503 e. The van der Waals surface area contributed by atoms with Crippen molar-refractivity contribution in [3.05, 3.63) is 69.9 Å². The van der Waals surface area contributed by atoms with E-state index in [-0.39, 0.29) is 17.2 Å². The van der Waals surface area contributed by atoms with Gasteiger partial charge < -0.3 is 38.3 Å². The number of carbonyl (C=O) groups is 2. The van der Waals surface area contributed by atoms with E-state index in [1.165, 1.54) is 6.08 Å². The van der Waals surface area contributed by atoms with Gasteiger partial charge in [0.1, 0.15) is 17.7 Å². The quantitative estimate of drug-likeness (QED) is 0.0794. The number of hydrogen-bond donors (Lipinski definition) is 6. The number of ether oxygens (including phenoxy) is 1. The first-order valence-electron chi connectivity index (χ1n) is 11.8. The number of nitrogens with one attached hydrogen (secondary N) is 1. The Morgan fingerprint density at radius 1 is 1.24 bits per heavy atom. The number of amides is 2. The van der Waals surface area contributed by atoms with E-state index in [0.717, 1.165) is 49.1 Å². The molecule has 0 unspecified atom stereocenters. The van der Waals surface area contributed by atoms with Crippen molar-refractivity contribution in [2.24, 2.45) is 28.9 Å². The third-order valence-electron chi connectivity index (χ3n) is 5.81. The minimum Gasteiger partial charge on any atom is -0.503 e. The predicted octanol–water partition coefficient (Wildman–Crippen LogP) is 2.29. The molecule has 0 atom stereocenters. The number of halogens is 1. The second-order valence-electron chi connectivity index (χ2n) is 8.75. The molecule has 1 aliphatic carbocycles. The second kappa shape index (κ2) is 13.3.